The Hall–Kier alpha value is -3.62. The number of piperazine rings is 1. The van der Waals surface area contributed by atoms with Crippen molar-refractivity contribution in [2.45, 2.75) is 5.92 Å². The lowest BCUT2D eigenvalue weighted by Gasteiger charge is -2.30. The highest BCUT2D eigenvalue weighted by Crippen LogP contribution is 2.42. The number of hydrogen-bond acceptors (Lipinski definition) is 7. The highest BCUT2D eigenvalue weighted by Gasteiger charge is 2.26. The first-order chi connectivity index (χ1) is 16.5. The topological polar surface area (TPSA) is 95.4 Å². The van der Waals surface area contributed by atoms with Crippen molar-refractivity contribution in [3.8, 4) is 16.9 Å². The third kappa shape index (κ3) is 3.74. The number of nitrogens with zero attached hydrogens (tertiary/aromatic N) is 3. The Bertz CT molecular complexity index is 1430. The molecular formula is C25H20ClFN4O3. The van der Waals surface area contributed by atoms with Gasteiger partial charge in [0.2, 0.25) is 0 Å². The highest BCUT2D eigenvalue weighted by molar-refractivity contribution is 6.35. The average molecular weight is 479 g/mol. The largest absolute Gasteiger partial charge is 0.508 e. The lowest BCUT2D eigenvalue weighted by molar-refractivity contribution is -0.116. The minimum absolute atomic E-state index is 0.0314. The maximum atomic E-state index is 16.2. The van der Waals surface area contributed by atoms with Crippen LogP contribution in [0, 0.1) is 5.82 Å². The van der Waals surface area contributed by atoms with E-state index in [4.69, 9.17) is 11.6 Å². The predicted molar refractivity (Wildman–Crippen MR) is 129 cm³/mol. The van der Waals surface area contributed by atoms with Crippen molar-refractivity contribution in [3.05, 3.63) is 59.1 Å². The van der Waals surface area contributed by atoms with Crippen molar-refractivity contribution in [2.24, 2.45) is 0 Å². The summed E-state index contributed by atoms with van der Waals surface area (Å²) in [5.41, 5.74) is 0.441. The number of aldehydes is 2. The molecule has 4 aromatic rings. The summed E-state index contributed by atoms with van der Waals surface area (Å²) in [5.74, 6) is -1.61. The van der Waals surface area contributed by atoms with E-state index in [1.54, 1.807) is 12.1 Å². The minimum Gasteiger partial charge on any atom is -0.508 e. The molecule has 0 radical (unpaired) electrons. The fourth-order valence-electron chi connectivity index (χ4n) is 4.37. The van der Waals surface area contributed by atoms with Crippen molar-refractivity contribution in [3.63, 3.8) is 0 Å². The summed E-state index contributed by atoms with van der Waals surface area (Å²) in [6.07, 6.45) is 0.875. The summed E-state index contributed by atoms with van der Waals surface area (Å²) >= 11 is 6.64. The fraction of sp³-hybridized carbons (Fsp3) is 0.200. The Morgan fingerprint density at radius 2 is 1.79 bits per heavy atom. The molecule has 0 unspecified atom stereocenters. The molecule has 2 N–H and O–H groups in total. The number of carbonyl (C=O) groups is 2. The lowest BCUT2D eigenvalue weighted by Crippen LogP contribution is -2.44. The summed E-state index contributed by atoms with van der Waals surface area (Å²) in [4.78, 5) is 33.7. The second kappa shape index (κ2) is 8.96. The number of aromatic hydroxyl groups is 1. The molecule has 0 saturated carbocycles. The number of phenols is 1. The summed E-state index contributed by atoms with van der Waals surface area (Å²) in [6.45, 7) is 2.62. The van der Waals surface area contributed by atoms with Crippen molar-refractivity contribution >= 4 is 51.7 Å². The van der Waals surface area contributed by atoms with Gasteiger partial charge in [0.05, 0.1) is 5.02 Å². The van der Waals surface area contributed by atoms with Gasteiger partial charge in [-0.1, -0.05) is 35.9 Å². The fourth-order valence-corrected chi connectivity index (χ4v) is 4.66. The number of phenolic OH excluding ortho intramolecular Hbond substituents is 1. The smallest absolute Gasteiger partial charge is 0.158 e. The van der Waals surface area contributed by atoms with Crippen molar-refractivity contribution in [1.82, 2.24) is 15.3 Å². The van der Waals surface area contributed by atoms with Gasteiger partial charge < -0.3 is 24.9 Å². The van der Waals surface area contributed by atoms with E-state index in [0.717, 1.165) is 5.39 Å². The molecule has 0 atom stereocenters. The summed E-state index contributed by atoms with van der Waals surface area (Å²) in [7, 11) is 0. The molecule has 172 valence electrons. The first-order valence-electron chi connectivity index (χ1n) is 10.8. The average Bonchev–Trinajstić information content (AvgIpc) is 2.85. The third-order valence-corrected chi connectivity index (χ3v) is 6.30. The van der Waals surface area contributed by atoms with E-state index in [1.807, 2.05) is 29.2 Å². The van der Waals surface area contributed by atoms with Crippen LogP contribution in [0.1, 0.15) is 11.7 Å². The minimum atomic E-state index is -1.22. The van der Waals surface area contributed by atoms with Crippen LogP contribution in [0.25, 0.3) is 32.8 Å². The van der Waals surface area contributed by atoms with E-state index in [-0.39, 0.29) is 27.7 Å². The van der Waals surface area contributed by atoms with Crippen molar-refractivity contribution < 1.29 is 19.1 Å². The molecule has 7 nitrogen and oxygen atoms in total. The Morgan fingerprint density at radius 1 is 1.06 bits per heavy atom. The van der Waals surface area contributed by atoms with Crippen LogP contribution in [0.15, 0.2) is 42.5 Å². The van der Waals surface area contributed by atoms with E-state index in [9.17, 15) is 14.7 Å². The summed E-state index contributed by atoms with van der Waals surface area (Å²) < 4.78 is 16.2. The molecule has 34 heavy (non-hydrogen) atoms. The van der Waals surface area contributed by atoms with E-state index in [2.05, 4.69) is 15.3 Å². The lowest BCUT2D eigenvalue weighted by atomic mass is 9.96. The van der Waals surface area contributed by atoms with Gasteiger partial charge in [-0.05, 0) is 34.5 Å². The standard InChI is InChI=1S/C25H20ClFN4O3/c26-20-11-19-23(22(27)21(20)18-10-16(34)9-14-3-1-2-4-17(14)18)29-24(15(12-32)13-33)30-25(19)31-7-5-28-6-8-31/h1-4,9-13,15,28,34H,5-8H2. The Balaban J connectivity index is 1.83. The number of nitrogens with one attached hydrogen (secondary N) is 1. The van der Waals surface area contributed by atoms with Gasteiger partial charge >= 0.3 is 0 Å². The number of rotatable bonds is 5. The van der Waals surface area contributed by atoms with Crippen LogP contribution in [0.3, 0.4) is 0 Å². The quantitative estimate of drug-likeness (QED) is 0.332. The van der Waals surface area contributed by atoms with Gasteiger partial charge in [0.25, 0.3) is 0 Å². The van der Waals surface area contributed by atoms with Gasteiger partial charge in [0.1, 0.15) is 41.4 Å². The number of aromatic nitrogens is 2. The first-order valence-corrected chi connectivity index (χ1v) is 11.2. The SMILES string of the molecule is O=CC(C=O)c1nc(N2CCNCC2)c2cc(Cl)c(-c3cc(O)cc4ccccc34)c(F)c2n1. The Kier molecular flexibility index (Phi) is 5.85. The zero-order chi connectivity index (χ0) is 23.8. The molecule has 1 saturated heterocycles. The number of carbonyl (C=O) groups excluding carboxylic acids is 2. The van der Waals surface area contributed by atoms with E-state index in [1.165, 1.54) is 6.07 Å². The number of benzene rings is 3. The molecule has 0 spiro atoms. The van der Waals surface area contributed by atoms with Crippen molar-refractivity contribution in [1.29, 1.82) is 0 Å². The van der Waals surface area contributed by atoms with Crippen LogP contribution >= 0.6 is 11.6 Å². The molecule has 5 rings (SSSR count). The second-order valence-corrected chi connectivity index (χ2v) is 8.51. The van der Waals surface area contributed by atoms with Crippen LogP contribution in [0.5, 0.6) is 5.75 Å². The van der Waals surface area contributed by atoms with Crippen molar-refractivity contribution in [2.75, 3.05) is 31.1 Å². The molecule has 0 aliphatic carbocycles. The third-order valence-electron chi connectivity index (χ3n) is 6.00. The normalized spacial score (nSPS) is 14.1. The van der Waals surface area contributed by atoms with E-state index >= 15 is 4.39 Å². The molecule has 3 aromatic carbocycles. The number of fused-ring (bicyclic) bond motifs is 2. The number of anilines is 1. The second-order valence-electron chi connectivity index (χ2n) is 8.10. The van der Waals surface area contributed by atoms with E-state index in [0.29, 0.717) is 60.9 Å². The summed E-state index contributed by atoms with van der Waals surface area (Å²) in [5, 5.41) is 15.5. The van der Waals surface area contributed by atoms with Gasteiger partial charge in [-0.2, -0.15) is 0 Å². The molecule has 2 heterocycles. The molecule has 0 bridgehead atoms. The zero-order valence-electron chi connectivity index (χ0n) is 18.0. The first kappa shape index (κ1) is 22.2. The van der Waals surface area contributed by atoms with E-state index < -0.39 is 11.7 Å². The molecule has 0 amide bonds. The molecule has 1 aliphatic rings. The van der Waals surface area contributed by atoms with Crippen LogP contribution in [0.2, 0.25) is 5.02 Å². The van der Waals surface area contributed by atoms with Crippen LogP contribution in [0.4, 0.5) is 10.2 Å². The molecule has 1 aliphatic heterocycles. The molecule has 1 aromatic heterocycles. The van der Waals surface area contributed by atoms with Gasteiger partial charge in [-0.3, -0.25) is 0 Å². The van der Waals surface area contributed by atoms with Gasteiger partial charge in [0.15, 0.2) is 5.82 Å². The maximum Gasteiger partial charge on any atom is 0.158 e. The Labute approximate surface area is 199 Å². The predicted octanol–water partition coefficient (Wildman–Crippen LogP) is 3.84. The number of halogens is 2. The molecular weight excluding hydrogens is 459 g/mol. The molecule has 9 heteroatoms. The monoisotopic (exact) mass is 478 g/mol. The van der Waals surface area contributed by atoms with Gasteiger partial charge in [0, 0.05) is 37.1 Å². The molecule has 1 fully saturated rings. The van der Waals surface area contributed by atoms with Gasteiger partial charge in [-0.25, -0.2) is 14.4 Å². The van der Waals surface area contributed by atoms with Crippen LogP contribution in [-0.2, 0) is 9.59 Å². The Morgan fingerprint density at radius 3 is 2.53 bits per heavy atom. The zero-order valence-corrected chi connectivity index (χ0v) is 18.7. The highest BCUT2D eigenvalue weighted by atomic mass is 35.5. The van der Waals surface area contributed by atoms with Gasteiger partial charge in [-0.15, -0.1) is 0 Å². The van der Waals surface area contributed by atoms with Crippen LogP contribution < -0.4 is 10.2 Å². The van der Waals surface area contributed by atoms with Crippen LogP contribution in [-0.4, -0.2) is 53.8 Å². The maximum absolute atomic E-state index is 16.2. The summed E-state index contributed by atoms with van der Waals surface area (Å²) in [6, 6.07) is 11.9. The number of hydrogen-bond donors (Lipinski definition) is 2.